The van der Waals surface area contributed by atoms with Gasteiger partial charge in [0.1, 0.15) is 6.07 Å². The molecule has 0 spiro atoms. The van der Waals surface area contributed by atoms with Crippen LogP contribution in [0.2, 0.25) is 0 Å². The largest absolute Gasteiger partial charge is 0.398 e. The van der Waals surface area contributed by atoms with Crippen molar-refractivity contribution in [3.05, 3.63) is 59.2 Å². The SMILES string of the molecule is Cc1ccccc1CN(C)c1ccc(N)c(C#N)c1. The van der Waals surface area contributed by atoms with Crippen molar-refractivity contribution in [2.75, 3.05) is 17.7 Å². The molecule has 3 nitrogen and oxygen atoms in total. The Kier molecular flexibility index (Phi) is 3.72. The third kappa shape index (κ3) is 2.86. The highest BCUT2D eigenvalue weighted by atomic mass is 15.1. The third-order valence-corrected chi connectivity index (χ3v) is 3.27. The number of nitriles is 1. The highest BCUT2D eigenvalue weighted by molar-refractivity contribution is 5.62. The van der Waals surface area contributed by atoms with Crippen molar-refractivity contribution in [2.24, 2.45) is 0 Å². The van der Waals surface area contributed by atoms with Crippen LogP contribution in [0.15, 0.2) is 42.5 Å². The molecule has 0 amide bonds. The summed E-state index contributed by atoms with van der Waals surface area (Å²) in [6, 6.07) is 16.0. The summed E-state index contributed by atoms with van der Waals surface area (Å²) in [7, 11) is 2.01. The van der Waals surface area contributed by atoms with E-state index in [9.17, 15) is 0 Å². The van der Waals surface area contributed by atoms with Gasteiger partial charge in [0.25, 0.3) is 0 Å². The summed E-state index contributed by atoms with van der Waals surface area (Å²) < 4.78 is 0. The molecule has 19 heavy (non-hydrogen) atoms. The lowest BCUT2D eigenvalue weighted by Crippen LogP contribution is -2.17. The molecular formula is C16H17N3. The Morgan fingerprint density at radius 3 is 2.63 bits per heavy atom. The fourth-order valence-corrected chi connectivity index (χ4v) is 2.01. The molecule has 2 N–H and O–H groups in total. The molecule has 0 aliphatic heterocycles. The molecule has 2 aromatic rings. The molecule has 2 rings (SSSR count). The lowest BCUT2D eigenvalue weighted by Gasteiger charge is -2.21. The monoisotopic (exact) mass is 251 g/mol. The van der Waals surface area contributed by atoms with Crippen LogP contribution >= 0.6 is 0 Å². The van der Waals surface area contributed by atoms with Gasteiger partial charge in [-0.05, 0) is 36.2 Å². The molecule has 3 heteroatoms. The molecule has 0 radical (unpaired) electrons. The molecule has 0 bridgehead atoms. The molecule has 0 aliphatic carbocycles. The summed E-state index contributed by atoms with van der Waals surface area (Å²) in [4.78, 5) is 2.11. The summed E-state index contributed by atoms with van der Waals surface area (Å²) in [5, 5.41) is 9.01. The van der Waals surface area contributed by atoms with E-state index in [1.54, 1.807) is 6.07 Å². The number of benzene rings is 2. The van der Waals surface area contributed by atoms with E-state index in [2.05, 4.69) is 30.0 Å². The summed E-state index contributed by atoms with van der Waals surface area (Å²) in [6.45, 7) is 2.91. The van der Waals surface area contributed by atoms with Gasteiger partial charge in [0.2, 0.25) is 0 Å². The van der Waals surface area contributed by atoms with Gasteiger partial charge in [0, 0.05) is 25.0 Å². The highest BCUT2D eigenvalue weighted by Crippen LogP contribution is 2.22. The van der Waals surface area contributed by atoms with Crippen LogP contribution in [-0.2, 0) is 6.54 Å². The number of aryl methyl sites for hydroxylation is 1. The summed E-state index contributed by atoms with van der Waals surface area (Å²) in [5.74, 6) is 0. The lowest BCUT2D eigenvalue weighted by atomic mass is 10.1. The van der Waals surface area contributed by atoms with Crippen molar-refractivity contribution in [3.63, 3.8) is 0 Å². The maximum Gasteiger partial charge on any atom is 0.101 e. The lowest BCUT2D eigenvalue weighted by molar-refractivity contribution is 0.914. The van der Waals surface area contributed by atoms with E-state index in [0.29, 0.717) is 11.3 Å². The molecule has 0 unspecified atom stereocenters. The van der Waals surface area contributed by atoms with Crippen molar-refractivity contribution >= 4 is 11.4 Å². The van der Waals surface area contributed by atoms with Crippen LogP contribution in [0.25, 0.3) is 0 Å². The minimum Gasteiger partial charge on any atom is -0.398 e. The first-order valence-electron chi connectivity index (χ1n) is 6.17. The average Bonchev–Trinajstić information content (AvgIpc) is 2.42. The molecular weight excluding hydrogens is 234 g/mol. The Bertz CT molecular complexity index is 626. The van der Waals surface area contributed by atoms with Crippen LogP contribution in [-0.4, -0.2) is 7.05 Å². The normalized spacial score (nSPS) is 9.95. The highest BCUT2D eigenvalue weighted by Gasteiger charge is 2.06. The number of hydrogen-bond donors (Lipinski definition) is 1. The quantitative estimate of drug-likeness (QED) is 0.853. The Balaban J connectivity index is 2.24. The Morgan fingerprint density at radius 2 is 1.95 bits per heavy atom. The van der Waals surface area contributed by atoms with E-state index in [1.807, 2.05) is 31.3 Å². The predicted molar refractivity (Wildman–Crippen MR) is 78.9 cm³/mol. The van der Waals surface area contributed by atoms with Crippen molar-refractivity contribution < 1.29 is 0 Å². The number of nitrogen functional groups attached to an aromatic ring is 1. The third-order valence-electron chi connectivity index (χ3n) is 3.27. The summed E-state index contributed by atoms with van der Waals surface area (Å²) >= 11 is 0. The van der Waals surface area contributed by atoms with Gasteiger partial charge >= 0.3 is 0 Å². The molecule has 0 aromatic heterocycles. The van der Waals surface area contributed by atoms with Gasteiger partial charge in [-0.15, -0.1) is 0 Å². The van der Waals surface area contributed by atoms with Crippen LogP contribution in [0.1, 0.15) is 16.7 Å². The van der Waals surface area contributed by atoms with E-state index in [1.165, 1.54) is 11.1 Å². The average molecular weight is 251 g/mol. The number of nitrogens with two attached hydrogens (primary N) is 1. The fraction of sp³-hybridized carbons (Fsp3) is 0.188. The fourth-order valence-electron chi connectivity index (χ4n) is 2.01. The van der Waals surface area contributed by atoms with Crippen LogP contribution < -0.4 is 10.6 Å². The van der Waals surface area contributed by atoms with Crippen LogP contribution in [0.4, 0.5) is 11.4 Å². The van der Waals surface area contributed by atoms with E-state index in [-0.39, 0.29) is 0 Å². The van der Waals surface area contributed by atoms with Gasteiger partial charge in [-0.2, -0.15) is 5.26 Å². The molecule has 0 saturated carbocycles. The van der Waals surface area contributed by atoms with Crippen molar-refractivity contribution in [1.29, 1.82) is 5.26 Å². The zero-order valence-corrected chi connectivity index (χ0v) is 11.2. The second kappa shape index (κ2) is 5.45. The molecule has 0 aliphatic rings. The van der Waals surface area contributed by atoms with Gasteiger partial charge in [-0.3, -0.25) is 0 Å². The van der Waals surface area contributed by atoms with Gasteiger partial charge in [-0.1, -0.05) is 24.3 Å². The first kappa shape index (κ1) is 13.0. The summed E-state index contributed by atoms with van der Waals surface area (Å²) in [6.07, 6.45) is 0. The maximum absolute atomic E-state index is 9.01. The van der Waals surface area contributed by atoms with Gasteiger partial charge in [-0.25, -0.2) is 0 Å². The van der Waals surface area contributed by atoms with Crippen LogP contribution in [0, 0.1) is 18.3 Å². The van der Waals surface area contributed by atoms with Crippen molar-refractivity contribution in [2.45, 2.75) is 13.5 Å². The number of nitrogens with zero attached hydrogens (tertiary/aromatic N) is 2. The second-order valence-electron chi connectivity index (χ2n) is 4.67. The Labute approximate surface area is 113 Å². The molecule has 0 saturated heterocycles. The zero-order valence-electron chi connectivity index (χ0n) is 11.2. The first-order valence-corrected chi connectivity index (χ1v) is 6.17. The van der Waals surface area contributed by atoms with Gasteiger partial charge in [0.05, 0.1) is 5.56 Å². The molecule has 0 heterocycles. The Morgan fingerprint density at radius 1 is 1.21 bits per heavy atom. The first-order chi connectivity index (χ1) is 9.11. The minimum atomic E-state index is 0.522. The van der Waals surface area contributed by atoms with Crippen molar-refractivity contribution in [1.82, 2.24) is 0 Å². The standard InChI is InChI=1S/C16H17N3/c1-12-5-3-4-6-13(12)11-19(2)15-7-8-16(18)14(9-15)10-17/h3-9H,11,18H2,1-2H3. The molecule has 0 atom stereocenters. The minimum absolute atomic E-state index is 0.522. The molecule has 0 fully saturated rings. The van der Waals surface area contributed by atoms with E-state index in [4.69, 9.17) is 11.0 Å². The Hall–Kier alpha value is -2.47. The van der Waals surface area contributed by atoms with Gasteiger partial charge < -0.3 is 10.6 Å². The van der Waals surface area contributed by atoms with Crippen LogP contribution in [0.5, 0.6) is 0 Å². The van der Waals surface area contributed by atoms with E-state index < -0.39 is 0 Å². The molecule has 96 valence electrons. The predicted octanol–water partition coefficient (Wildman–Crippen LogP) is 3.09. The zero-order chi connectivity index (χ0) is 13.8. The second-order valence-corrected chi connectivity index (χ2v) is 4.67. The van der Waals surface area contributed by atoms with E-state index in [0.717, 1.165) is 12.2 Å². The summed E-state index contributed by atoms with van der Waals surface area (Å²) in [5.41, 5.74) is 10.3. The van der Waals surface area contributed by atoms with Gasteiger partial charge in [0.15, 0.2) is 0 Å². The van der Waals surface area contributed by atoms with Crippen LogP contribution in [0.3, 0.4) is 0 Å². The van der Waals surface area contributed by atoms with Crippen molar-refractivity contribution in [3.8, 4) is 6.07 Å². The number of hydrogen-bond acceptors (Lipinski definition) is 3. The number of anilines is 2. The molecule has 2 aromatic carbocycles. The smallest absolute Gasteiger partial charge is 0.101 e. The maximum atomic E-state index is 9.01. The number of rotatable bonds is 3. The van der Waals surface area contributed by atoms with E-state index >= 15 is 0 Å². The topological polar surface area (TPSA) is 53.0 Å².